The van der Waals surface area contributed by atoms with E-state index in [0.717, 1.165) is 23.6 Å². The van der Waals surface area contributed by atoms with Gasteiger partial charge in [0.05, 0.1) is 5.69 Å². The van der Waals surface area contributed by atoms with Crippen LogP contribution in [0.2, 0.25) is 0 Å². The molecule has 0 fully saturated rings. The van der Waals surface area contributed by atoms with Crippen molar-refractivity contribution >= 4 is 0 Å². The first kappa shape index (κ1) is 11.0. The van der Waals surface area contributed by atoms with E-state index in [4.69, 9.17) is 10.5 Å². The molecule has 1 aromatic rings. The number of aromatic nitrogens is 2. The van der Waals surface area contributed by atoms with Crippen molar-refractivity contribution in [3.63, 3.8) is 0 Å². The summed E-state index contributed by atoms with van der Waals surface area (Å²) in [5, 5.41) is 4.28. The van der Waals surface area contributed by atoms with Crippen LogP contribution in [-0.2, 0) is 7.05 Å². The molecule has 4 nitrogen and oxygen atoms in total. The van der Waals surface area contributed by atoms with E-state index in [-0.39, 0.29) is 6.10 Å². The lowest BCUT2D eigenvalue weighted by atomic mass is 10.2. The van der Waals surface area contributed by atoms with Gasteiger partial charge in [-0.1, -0.05) is 6.92 Å². The zero-order valence-electron chi connectivity index (χ0n) is 9.37. The Bertz CT molecular complexity index is 303. The summed E-state index contributed by atoms with van der Waals surface area (Å²) < 4.78 is 7.61. The number of nitrogens with zero attached hydrogens (tertiary/aromatic N) is 2. The summed E-state index contributed by atoms with van der Waals surface area (Å²) in [7, 11) is 1.92. The van der Waals surface area contributed by atoms with Crippen LogP contribution in [0.5, 0.6) is 5.75 Å². The molecule has 0 amide bonds. The third-order valence-corrected chi connectivity index (χ3v) is 2.45. The van der Waals surface area contributed by atoms with E-state index in [0.29, 0.717) is 6.54 Å². The highest BCUT2D eigenvalue weighted by Gasteiger charge is 2.14. The van der Waals surface area contributed by atoms with Gasteiger partial charge in [0.1, 0.15) is 11.8 Å². The average molecular weight is 197 g/mol. The van der Waals surface area contributed by atoms with Crippen LogP contribution in [0.4, 0.5) is 0 Å². The Labute approximate surface area is 85.0 Å². The monoisotopic (exact) mass is 197 g/mol. The minimum atomic E-state index is 0.0941. The molecule has 0 saturated heterocycles. The van der Waals surface area contributed by atoms with Gasteiger partial charge in [-0.15, -0.1) is 0 Å². The summed E-state index contributed by atoms with van der Waals surface area (Å²) in [4.78, 5) is 0. The fourth-order valence-corrected chi connectivity index (χ4v) is 1.39. The maximum Gasteiger partial charge on any atom is 0.163 e. The third-order valence-electron chi connectivity index (χ3n) is 2.45. The second kappa shape index (κ2) is 4.46. The van der Waals surface area contributed by atoms with Crippen LogP contribution < -0.4 is 10.5 Å². The molecular weight excluding hydrogens is 178 g/mol. The largest absolute Gasteiger partial charge is 0.485 e. The summed E-state index contributed by atoms with van der Waals surface area (Å²) in [5.74, 6) is 0.879. The lowest BCUT2D eigenvalue weighted by molar-refractivity contribution is 0.202. The van der Waals surface area contributed by atoms with Gasteiger partial charge < -0.3 is 10.5 Å². The first-order valence-electron chi connectivity index (χ1n) is 4.97. The molecule has 0 radical (unpaired) electrons. The van der Waals surface area contributed by atoms with Crippen molar-refractivity contribution < 1.29 is 4.74 Å². The molecule has 2 N–H and O–H groups in total. The van der Waals surface area contributed by atoms with Crippen molar-refractivity contribution in [1.29, 1.82) is 0 Å². The van der Waals surface area contributed by atoms with Crippen molar-refractivity contribution in [3.05, 3.63) is 11.4 Å². The standard InChI is InChI=1S/C10H19N3O/c1-5-9(6-11)14-10-7(2)12-13(4)8(10)3/h9H,5-6,11H2,1-4H3. The molecular formula is C10H19N3O. The maximum absolute atomic E-state index is 5.79. The molecule has 14 heavy (non-hydrogen) atoms. The van der Waals surface area contributed by atoms with E-state index in [1.807, 2.05) is 25.6 Å². The van der Waals surface area contributed by atoms with E-state index in [2.05, 4.69) is 12.0 Å². The molecule has 1 atom stereocenters. The lowest BCUT2D eigenvalue weighted by Gasteiger charge is -2.15. The van der Waals surface area contributed by atoms with Crippen LogP contribution in [0.1, 0.15) is 24.7 Å². The molecule has 80 valence electrons. The third kappa shape index (κ3) is 2.07. The fourth-order valence-electron chi connectivity index (χ4n) is 1.39. The number of nitrogens with two attached hydrogens (primary N) is 1. The van der Waals surface area contributed by atoms with Crippen LogP contribution in [0.25, 0.3) is 0 Å². The molecule has 0 saturated carbocycles. The smallest absolute Gasteiger partial charge is 0.163 e. The quantitative estimate of drug-likeness (QED) is 0.788. The molecule has 0 aromatic carbocycles. The van der Waals surface area contributed by atoms with Gasteiger partial charge in [-0.25, -0.2) is 0 Å². The summed E-state index contributed by atoms with van der Waals surface area (Å²) in [6.45, 7) is 6.56. The highest BCUT2D eigenvalue weighted by Crippen LogP contribution is 2.22. The second-order valence-corrected chi connectivity index (χ2v) is 3.51. The van der Waals surface area contributed by atoms with E-state index < -0.39 is 0 Å². The lowest BCUT2D eigenvalue weighted by Crippen LogP contribution is -2.26. The second-order valence-electron chi connectivity index (χ2n) is 3.51. The van der Waals surface area contributed by atoms with Gasteiger partial charge in [0, 0.05) is 13.6 Å². The van der Waals surface area contributed by atoms with Crippen LogP contribution in [-0.4, -0.2) is 22.4 Å². The van der Waals surface area contributed by atoms with E-state index in [1.165, 1.54) is 0 Å². The minimum absolute atomic E-state index is 0.0941. The van der Waals surface area contributed by atoms with Crippen LogP contribution in [0, 0.1) is 13.8 Å². The molecule has 0 bridgehead atoms. The molecule has 1 heterocycles. The molecule has 4 heteroatoms. The Balaban J connectivity index is 2.84. The normalized spacial score (nSPS) is 12.9. The Morgan fingerprint density at radius 1 is 1.50 bits per heavy atom. The molecule has 0 aliphatic rings. The van der Waals surface area contributed by atoms with Crippen molar-refractivity contribution in [1.82, 2.24) is 9.78 Å². The summed E-state index contributed by atoms with van der Waals surface area (Å²) >= 11 is 0. The van der Waals surface area contributed by atoms with Gasteiger partial charge in [0.15, 0.2) is 5.75 Å². The van der Waals surface area contributed by atoms with Crippen LogP contribution >= 0.6 is 0 Å². The van der Waals surface area contributed by atoms with Crippen molar-refractivity contribution in [2.75, 3.05) is 6.54 Å². The summed E-state index contributed by atoms with van der Waals surface area (Å²) in [6.07, 6.45) is 1.01. The zero-order chi connectivity index (χ0) is 10.7. The van der Waals surface area contributed by atoms with Crippen LogP contribution in [0.3, 0.4) is 0 Å². The topological polar surface area (TPSA) is 53.1 Å². The zero-order valence-corrected chi connectivity index (χ0v) is 9.37. The SMILES string of the molecule is CCC(CN)Oc1c(C)nn(C)c1C. The average Bonchev–Trinajstić information content (AvgIpc) is 2.40. The van der Waals surface area contributed by atoms with E-state index in [9.17, 15) is 0 Å². The number of rotatable bonds is 4. The molecule has 0 aliphatic heterocycles. The first-order chi connectivity index (χ1) is 6.60. The number of hydrogen-bond donors (Lipinski definition) is 1. The predicted octanol–water partition coefficient (Wildman–Crippen LogP) is 1.15. The molecule has 1 aromatic heterocycles. The number of aryl methyl sites for hydroxylation is 2. The van der Waals surface area contributed by atoms with Crippen molar-refractivity contribution in [2.24, 2.45) is 12.8 Å². The Hall–Kier alpha value is -1.03. The van der Waals surface area contributed by atoms with Gasteiger partial charge >= 0.3 is 0 Å². The van der Waals surface area contributed by atoms with Gasteiger partial charge in [-0.2, -0.15) is 5.10 Å². The van der Waals surface area contributed by atoms with Gasteiger partial charge in [-0.3, -0.25) is 4.68 Å². The van der Waals surface area contributed by atoms with Crippen LogP contribution in [0.15, 0.2) is 0 Å². The Morgan fingerprint density at radius 3 is 2.50 bits per heavy atom. The number of hydrogen-bond acceptors (Lipinski definition) is 3. The molecule has 1 unspecified atom stereocenters. The van der Waals surface area contributed by atoms with Crippen molar-refractivity contribution in [3.8, 4) is 5.75 Å². The number of ether oxygens (including phenoxy) is 1. The highest BCUT2D eigenvalue weighted by molar-refractivity contribution is 5.31. The van der Waals surface area contributed by atoms with E-state index in [1.54, 1.807) is 0 Å². The minimum Gasteiger partial charge on any atom is -0.485 e. The van der Waals surface area contributed by atoms with Gasteiger partial charge in [0.2, 0.25) is 0 Å². The Kier molecular flexibility index (Phi) is 3.52. The van der Waals surface area contributed by atoms with Gasteiger partial charge in [0.25, 0.3) is 0 Å². The summed E-state index contributed by atoms with van der Waals surface area (Å²) in [5.41, 5.74) is 7.56. The fraction of sp³-hybridized carbons (Fsp3) is 0.700. The van der Waals surface area contributed by atoms with E-state index >= 15 is 0 Å². The molecule has 0 spiro atoms. The predicted molar refractivity (Wildman–Crippen MR) is 56.4 cm³/mol. The maximum atomic E-state index is 5.79. The first-order valence-corrected chi connectivity index (χ1v) is 4.97. The van der Waals surface area contributed by atoms with Gasteiger partial charge in [-0.05, 0) is 20.3 Å². The van der Waals surface area contributed by atoms with Crippen molar-refractivity contribution in [2.45, 2.75) is 33.3 Å². The molecule has 0 aliphatic carbocycles. The Morgan fingerprint density at radius 2 is 2.14 bits per heavy atom. The highest BCUT2D eigenvalue weighted by atomic mass is 16.5. The summed E-state index contributed by atoms with van der Waals surface area (Å²) in [6, 6.07) is 0. The molecule has 1 rings (SSSR count).